The van der Waals surface area contributed by atoms with E-state index in [1.54, 1.807) is 23.1 Å². The molecule has 1 atom stereocenters. The monoisotopic (exact) mass is 509 g/mol. The van der Waals surface area contributed by atoms with Crippen LogP contribution in [0.5, 0.6) is 5.75 Å². The van der Waals surface area contributed by atoms with Gasteiger partial charge in [0.2, 0.25) is 11.8 Å². The van der Waals surface area contributed by atoms with Crippen molar-refractivity contribution in [3.8, 4) is 11.4 Å². The number of halogens is 1. The number of benzene rings is 2. The number of amides is 2. The van der Waals surface area contributed by atoms with Crippen LogP contribution in [0.1, 0.15) is 6.42 Å². The molecule has 2 aliphatic heterocycles. The molecule has 1 aromatic heterocycles. The number of nitrogens with zero attached hydrogens (tertiary/aromatic N) is 6. The molecule has 0 radical (unpaired) electrons. The summed E-state index contributed by atoms with van der Waals surface area (Å²) < 4.78 is 1.72. The zero-order valence-electron chi connectivity index (χ0n) is 19.8. The van der Waals surface area contributed by atoms with Crippen LogP contribution in [0.15, 0.2) is 54.9 Å². The SMILES string of the molecule is O=C(Nc1ccc(O)c(Cl)c1)[C@@H]1CCN(CC(=O)N2CCN(c3ccc(-n4ccnn4)cc3)CC2)C1. The average molecular weight is 510 g/mol. The fourth-order valence-electron chi connectivity index (χ4n) is 4.69. The van der Waals surface area contributed by atoms with E-state index in [1.165, 1.54) is 12.1 Å². The molecular formula is C25H28ClN7O3. The Balaban J connectivity index is 1.07. The van der Waals surface area contributed by atoms with Gasteiger partial charge >= 0.3 is 0 Å². The van der Waals surface area contributed by atoms with E-state index in [9.17, 15) is 14.7 Å². The zero-order valence-corrected chi connectivity index (χ0v) is 20.5. The van der Waals surface area contributed by atoms with Crippen molar-refractivity contribution < 1.29 is 14.7 Å². The van der Waals surface area contributed by atoms with E-state index in [4.69, 9.17) is 11.6 Å². The maximum atomic E-state index is 12.9. The van der Waals surface area contributed by atoms with Gasteiger partial charge in [-0.3, -0.25) is 14.5 Å². The Bertz CT molecular complexity index is 1210. The van der Waals surface area contributed by atoms with Crippen LogP contribution >= 0.6 is 11.6 Å². The lowest BCUT2D eigenvalue weighted by Crippen LogP contribution is -2.51. The van der Waals surface area contributed by atoms with Crippen molar-refractivity contribution in [2.75, 3.05) is 56.0 Å². The highest BCUT2D eigenvalue weighted by Crippen LogP contribution is 2.27. The fraction of sp³-hybridized carbons (Fsp3) is 0.360. The molecule has 10 nitrogen and oxygen atoms in total. The molecule has 0 saturated carbocycles. The van der Waals surface area contributed by atoms with Crippen molar-refractivity contribution >= 4 is 34.8 Å². The number of phenolic OH excluding ortho intramolecular Hbond substituents is 1. The number of carbonyl (C=O) groups is 2. The van der Waals surface area contributed by atoms with E-state index in [1.807, 2.05) is 21.9 Å². The summed E-state index contributed by atoms with van der Waals surface area (Å²) in [6.45, 7) is 4.45. The third kappa shape index (κ3) is 5.44. The van der Waals surface area contributed by atoms with Gasteiger partial charge in [0.1, 0.15) is 5.75 Å². The number of rotatable bonds is 6. The summed E-state index contributed by atoms with van der Waals surface area (Å²) in [5.74, 6) is -0.220. The second-order valence-corrected chi connectivity index (χ2v) is 9.52. The number of hydrogen-bond acceptors (Lipinski definition) is 7. The van der Waals surface area contributed by atoms with Gasteiger partial charge in [0, 0.05) is 44.1 Å². The minimum absolute atomic E-state index is 0.0258. The summed E-state index contributed by atoms with van der Waals surface area (Å²) in [6.07, 6.45) is 4.15. The van der Waals surface area contributed by atoms with Gasteiger partial charge in [-0.15, -0.1) is 5.10 Å². The average Bonchev–Trinajstić information content (AvgIpc) is 3.59. The van der Waals surface area contributed by atoms with E-state index in [2.05, 4.69) is 32.7 Å². The highest BCUT2D eigenvalue weighted by Gasteiger charge is 2.31. The van der Waals surface area contributed by atoms with E-state index in [-0.39, 0.29) is 28.5 Å². The van der Waals surface area contributed by atoms with Crippen molar-refractivity contribution in [2.45, 2.75) is 6.42 Å². The maximum Gasteiger partial charge on any atom is 0.236 e. The Morgan fingerprint density at radius 1 is 1.03 bits per heavy atom. The van der Waals surface area contributed by atoms with Crippen LogP contribution in [0.25, 0.3) is 5.69 Å². The number of hydrogen-bond donors (Lipinski definition) is 2. The Morgan fingerprint density at radius 2 is 1.78 bits per heavy atom. The molecule has 11 heteroatoms. The second-order valence-electron chi connectivity index (χ2n) is 9.11. The van der Waals surface area contributed by atoms with Crippen LogP contribution in [-0.2, 0) is 9.59 Å². The molecule has 2 aromatic carbocycles. The summed E-state index contributed by atoms with van der Waals surface area (Å²) in [4.78, 5) is 31.8. The molecule has 36 heavy (non-hydrogen) atoms. The molecule has 0 bridgehead atoms. The van der Waals surface area contributed by atoms with Gasteiger partial charge in [-0.1, -0.05) is 16.8 Å². The molecule has 0 aliphatic carbocycles. The Kier molecular flexibility index (Phi) is 7.06. The molecule has 0 spiro atoms. The molecule has 2 N–H and O–H groups in total. The zero-order chi connectivity index (χ0) is 25.1. The van der Waals surface area contributed by atoms with Gasteiger partial charge in [0.15, 0.2) is 0 Å². The van der Waals surface area contributed by atoms with Gasteiger partial charge in [-0.25, -0.2) is 4.68 Å². The van der Waals surface area contributed by atoms with Crippen LogP contribution in [-0.4, -0.2) is 87.5 Å². The van der Waals surface area contributed by atoms with E-state index < -0.39 is 0 Å². The lowest BCUT2D eigenvalue weighted by atomic mass is 10.1. The first-order chi connectivity index (χ1) is 17.5. The van der Waals surface area contributed by atoms with Crippen molar-refractivity contribution in [1.82, 2.24) is 24.8 Å². The van der Waals surface area contributed by atoms with Gasteiger partial charge in [-0.2, -0.15) is 0 Å². The topological polar surface area (TPSA) is 107 Å². The van der Waals surface area contributed by atoms with E-state index in [0.29, 0.717) is 44.8 Å². The third-order valence-corrected chi connectivity index (χ3v) is 7.05. The lowest BCUT2D eigenvalue weighted by molar-refractivity contribution is -0.132. The maximum absolute atomic E-state index is 12.9. The summed E-state index contributed by atoms with van der Waals surface area (Å²) in [5.41, 5.74) is 2.62. The second kappa shape index (κ2) is 10.5. The molecule has 5 rings (SSSR count). The van der Waals surface area contributed by atoms with Gasteiger partial charge < -0.3 is 20.2 Å². The van der Waals surface area contributed by atoms with Gasteiger partial charge in [-0.05, 0) is 55.4 Å². The predicted molar refractivity (Wildman–Crippen MR) is 136 cm³/mol. The molecular weight excluding hydrogens is 482 g/mol. The van der Waals surface area contributed by atoms with Crippen molar-refractivity contribution in [3.63, 3.8) is 0 Å². The fourth-order valence-corrected chi connectivity index (χ4v) is 4.87. The summed E-state index contributed by atoms with van der Waals surface area (Å²) >= 11 is 5.92. The first kappa shape index (κ1) is 24.1. The molecule has 2 saturated heterocycles. The number of carbonyl (C=O) groups excluding carboxylic acids is 2. The van der Waals surface area contributed by atoms with Crippen molar-refractivity contribution in [3.05, 3.63) is 59.9 Å². The Morgan fingerprint density at radius 3 is 2.47 bits per heavy atom. The van der Waals surface area contributed by atoms with Gasteiger partial charge in [0.05, 0.1) is 35.6 Å². The first-order valence-corrected chi connectivity index (χ1v) is 12.4. The molecule has 2 aliphatic rings. The third-order valence-electron chi connectivity index (χ3n) is 6.75. The van der Waals surface area contributed by atoms with Crippen LogP contribution < -0.4 is 10.2 Å². The summed E-state index contributed by atoms with van der Waals surface area (Å²) in [7, 11) is 0. The predicted octanol–water partition coefficient (Wildman–Crippen LogP) is 2.24. The van der Waals surface area contributed by atoms with Gasteiger partial charge in [0.25, 0.3) is 0 Å². The Labute approximate surface area is 214 Å². The van der Waals surface area contributed by atoms with Crippen LogP contribution in [0.2, 0.25) is 5.02 Å². The van der Waals surface area contributed by atoms with E-state index >= 15 is 0 Å². The van der Waals surface area contributed by atoms with Crippen LogP contribution in [0.4, 0.5) is 11.4 Å². The number of phenols is 1. The standard InChI is InChI=1S/C25H28ClN7O3/c26-22-15-19(1-6-23(22)34)28-25(36)18-7-9-30(16-18)17-24(35)32-13-11-31(12-14-32)20-2-4-21(5-3-20)33-10-8-27-29-33/h1-6,8,10,15,18,34H,7,9,11-14,16-17H2,(H,28,36)/t18-/m1/s1. The number of aromatic nitrogens is 3. The molecule has 188 valence electrons. The van der Waals surface area contributed by atoms with E-state index in [0.717, 1.165) is 24.5 Å². The number of aromatic hydroxyl groups is 1. The normalized spacial score (nSPS) is 18.4. The summed E-state index contributed by atoms with van der Waals surface area (Å²) in [6, 6.07) is 12.7. The largest absolute Gasteiger partial charge is 0.506 e. The molecule has 3 aromatic rings. The van der Waals surface area contributed by atoms with Crippen molar-refractivity contribution in [2.24, 2.45) is 5.92 Å². The number of nitrogens with one attached hydrogen (secondary N) is 1. The molecule has 3 heterocycles. The molecule has 0 unspecified atom stereocenters. The minimum atomic E-state index is -0.192. The molecule has 2 amide bonds. The highest BCUT2D eigenvalue weighted by molar-refractivity contribution is 6.32. The molecule has 2 fully saturated rings. The summed E-state index contributed by atoms with van der Waals surface area (Å²) in [5, 5.41) is 20.4. The lowest BCUT2D eigenvalue weighted by Gasteiger charge is -2.36. The highest BCUT2D eigenvalue weighted by atomic mass is 35.5. The van der Waals surface area contributed by atoms with Crippen LogP contribution in [0.3, 0.4) is 0 Å². The smallest absolute Gasteiger partial charge is 0.236 e. The minimum Gasteiger partial charge on any atom is -0.506 e. The quantitative estimate of drug-likeness (QED) is 0.491. The number of likely N-dealkylation sites (tertiary alicyclic amines) is 1. The van der Waals surface area contributed by atoms with Crippen LogP contribution in [0, 0.1) is 5.92 Å². The number of piperazine rings is 1. The first-order valence-electron chi connectivity index (χ1n) is 12.0. The number of anilines is 2. The Hall–Kier alpha value is -3.63. The van der Waals surface area contributed by atoms with Crippen molar-refractivity contribution in [1.29, 1.82) is 0 Å².